The van der Waals surface area contributed by atoms with E-state index >= 15 is 0 Å². The molecule has 0 aromatic heterocycles. The van der Waals surface area contributed by atoms with E-state index in [1.807, 2.05) is 11.8 Å². The van der Waals surface area contributed by atoms with Gasteiger partial charge in [0.05, 0.1) is 0 Å². The Bertz CT molecular complexity index is 162. The normalized spacial score (nSPS) is 34.0. The lowest BCUT2D eigenvalue weighted by Crippen LogP contribution is -2.43. The van der Waals surface area contributed by atoms with Crippen LogP contribution in [-0.2, 0) is 0 Å². The number of hydrogen-bond donors (Lipinski definition) is 1. The molecule has 0 aromatic rings. The number of rotatable bonds is 5. The summed E-state index contributed by atoms with van der Waals surface area (Å²) in [6, 6.07) is 0.771. The Labute approximate surface area is 99.8 Å². The second kappa shape index (κ2) is 6.80. The first-order valence-corrected chi connectivity index (χ1v) is 7.70. The standard InChI is InChI=1S/C13H27NS/c1-10-6-5-7-11(2)13(10)14-9-8-12(3)15-4/h10-14H,5-9H2,1-4H3. The van der Waals surface area contributed by atoms with E-state index < -0.39 is 0 Å². The quantitative estimate of drug-likeness (QED) is 0.774. The molecule has 0 aromatic carbocycles. The van der Waals surface area contributed by atoms with Gasteiger partial charge in [0.15, 0.2) is 0 Å². The van der Waals surface area contributed by atoms with Crippen molar-refractivity contribution in [2.75, 3.05) is 12.8 Å². The average Bonchev–Trinajstić information content (AvgIpc) is 2.22. The summed E-state index contributed by atoms with van der Waals surface area (Å²) >= 11 is 1.97. The molecule has 1 aliphatic rings. The van der Waals surface area contributed by atoms with Crippen molar-refractivity contribution in [3.63, 3.8) is 0 Å². The molecule has 0 aliphatic heterocycles. The maximum absolute atomic E-state index is 3.77. The van der Waals surface area contributed by atoms with Crippen LogP contribution >= 0.6 is 11.8 Å². The minimum atomic E-state index is 0.771. The van der Waals surface area contributed by atoms with Gasteiger partial charge in [0.25, 0.3) is 0 Å². The van der Waals surface area contributed by atoms with E-state index in [0.717, 1.165) is 23.1 Å². The fourth-order valence-corrected chi connectivity index (χ4v) is 3.01. The molecule has 0 amide bonds. The molecule has 0 bridgehead atoms. The predicted octanol–water partition coefficient (Wildman–Crippen LogP) is 3.54. The highest BCUT2D eigenvalue weighted by Gasteiger charge is 2.26. The minimum absolute atomic E-state index is 0.771. The van der Waals surface area contributed by atoms with Crippen LogP contribution in [0.1, 0.15) is 46.5 Å². The third-order valence-corrected chi connectivity index (χ3v) is 4.92. The molecule has 1 nitrogen and oxygen atoms in total. The molecule has 1 saturated carbocycles. The molecule has 1 fully saturated rings. The first-order chi connectivity index (χ1) is 7.15. The summed E-state index contributed by atoms with van der Waals surface area (Å²) in [4.78, 5) is 0. The van der Waals surface area contributed by atoms with E-state index in [1.54, 1.807) is 0 Å². The van der Waals surface area contributed by atoms with Crippen LogP contribution in [0.2, 0.25) is 0 Å². The number of thioether (sulfide) groups is 1. The molecule has 1 N–H and O–H groups in total. The van der Waals surface area contributed by atoms with Crippen molar-refractivity contribution in [1.82, 2.24) is 5.32 Å². The Kier molecular flexibility index (Phi) is 6.06. The first kappa shape index (κ1) is 13.4. The molecule has 90 valence electrons. The van der Waals surface area contributed by atoms with Gasteiger partial charge in [0.1, 0.15) is 0 Å². The summed E-state index contributed by atoms with van der Waals surface area (Å²) in [5, 5.41) is 4.57. The lowest BCUT2D eigenvalue weighted by Gasteiger charge is -2.35. The van der Waals surface area contributed by atoms with Crippen LogP contribution in [0, 0.1) is 11.8 Å². The Morgan fingerprint density at radius 1 is 1.27 bits per heavy atom. The van der Waals surface area contributed by atoms with Gasteiger partial charge in [-0.1, -0.05) is 27.2 Å². The summed E-state index contributed by atoms with van der Waals surface area (Å²) in [6.45, 7) is 8.33. The van der Waals surface area contributed by atoms with Crippen molar-refractivity contribution in [3.05, 3.63) is 0 Å². The zero-order valence-corrected chi connectivity index (χ0v) is 11.6. The zero-order valence-electron chi connectivity index (χ0n) is 10.8. The SMILES string of the molecule is CSC(C)CCNC1C(C)CCCC1C. The van der Waals surface area contributed by atoms with Gasteiger partial charge in [-0.15, -0.1) is 0 Å². The van der Waals surface area contributed by atoms with Crippen LogP contribution < -0.4 is 5.32 Å². The van der Waals surface area contributed by atoms with Crippen LogP contribution in [-0.4, -0.2) is 24.1 Å². The maximum Gasteiger partial charge on any atom is 0.0118 e. The largest absolute Gasteiger partial charge is 0.313 e. The molecule has 1 rings (SSSR count). The summed E-state index contributed by atoms with van der Waals surface area (Å²) in [5.74, 6) is 1.75. The lowest BCUT2D eigenvalue weighted by atomic mass is 9.79. The van der Waals surface area contributed by atoms with Crippen molar-refractivity contribution in [2.45, 2.75) is 57.7 Å². The first-order valence-electron chi connectivity index (χ1n) is 6.41. The molecule has 0 heterocycles. The zero-order chi connectivity index (χ0) is 11.3. The molecule has 0 radical (unpaired) electrons. The van der Waals surface area contributed by atoms with Crippen molar-refractivity contribution in [2.24, 2.45) is 11.8 Å². The van der Waals surface area contributed by atoms with Crippen LogP contribution in [0.4, 0.5) is 0 Å². The van der Waals surface area contributed by atoms with Gasteiger partial charge >= 0.3 is 0 Å². The molecule has 0 spiro atoms. The Hall–Kier alpha value is 0.310. The molecular weight excluding hydrogens is 202 g/mol. The monoisotopic (exact) mass is 229 g/mol. The molecule has 15 heavy (non-hydrogen) atoms. The minimum Gasteiger partial charge on any atom is -0.313 e. The average molecular weight is 229 g/mol. The van der Waals surface area contributed by atoms with Gasteiger partial charge in [0, 0.05) is 11.3 Å². The second-order valence-electron chi connectivity index (χ2n) is 5.20. The summed E-state index contributed by atoms with van der Waals surface area (Å²) in [6.07, 6.45) is 7.77. The topological polar surface area (TPSA) is 12.0 Å². The van der Waals surface area contributed by atoms with E-state index in [2.05, 4.69) is 32.3 Å². The van der Waals surface area contributed by atoms with Crippen LogP contribution in [0.5, 0.6) is 0 Å². The summed E-state index contributed by atoms with van der Waals surface area (Å²) < 4.78 is 0. The lowest BCUT2D eigenvalue weighted by molar-refractivity contribution is 0.209. The highest BCUT2D eigenvalue weighted by atomic mass is 32.2. The van der Waals surface area contributed by atoms with Crippen molar-refractivity contribution in [1.29, 1.82) is 0 Å². The molecular formula is C13H27NS. The van der Waals surface area contributed by atoms with Gasteiger partial charge < -0.3 is 5.32 Å². The molecule has 1 aliphatic carbocycles. The Morgan fingerprint density at radius 3 is 2.40 bits per heavy atom. The van der Waals surface area contributed by atoms with Crippen LogP contribution in [0.15, 0.2) is 0 Å². The van der Waals surface area contributed by atoms with Gasteiger partial charge in [-0.3, -0.25) is 0 Å². The van der Waals surface area contributed by atoms with E-state index in [0.29, 0.717) is 0 Å². The van der Waals surface area contributed by atoms with E-state index in [9.17, 15) is 0 Å². The van der Waals surface area contributed by atoms with Crippen molar-refractivity contribution in [3.8, 4) is 0 Å². The van der Waals surface area contributed by atoms with Crippen molar-refractivity contribution < 1.29 is 0 Å². The van der Waals surface area contributed by atoms with Gasteiger partial charge in [0.2, 0.25) is 0 Å². The molecule has 2 heteroatoms. The van der Waals surface area contributed by atoms with Crippen molar-refractivity contribution >= 4 is 11.8 Å². The Morgan fingerprint density at radius 2 is 1.87 bits per heavy atom. The van der Waals surface area contributed by atoms with Gasteiger partial charge in [-0.2, -0.15) is 11.8 Å². The fraction of sp³-hybridized carbons (Fsp3) is 1.00. The van der Waals surface area contributed by atoms with Crippen LogP contribution in [0.3, 0.4) is 0 Å². The molecule has 3 atom stereocenters. The van der Waals surface area contributed by atoms with E-state index in [1.165, 1.54) is 32.2 Å². The smallest absolute Gasteiger partial charge is 0.0118 e. The van der Waals surface area contributed by atoms with E-state index in [4.69, 9.17) is 0 Å². The van der Waals surface area contributed by atoms with Crippen LogP contribution in [0.25, 0.3) is 0 Å². The second-order valence-corrected chi connectivity index (χ2v) is 6.48. The van der Waals surface area contributed by atoms with Gasteiger partial charge in [-0.25, -0.2) is 0 Å². The van der Waals surface area contributed by atoms with Gasteiger partial charge in [-0.05, 0) is 43.9 Å². The summed E-state index contributed by atoms with van der Waals surface area (Å²) in [5.41, 5.74) is 0. The molecule has 0 saturated heterocycles. The molecule has 3 unspecified atom stereocenters. The third kappa shape index (κ3) is 4.36. The summed E-state index contributed by atoms with van der Waals surface area (Å²) in [7, 11) is 0. The Balaban J connectivity index is 2.23. The fourth-order valence-electron chi connectivity index (χ4n) is 2.66. The maximum atomic E-state index is 3.77. The predicted molar refractivity (Wildman–Crippen MR) is 71.6 cm³/mol. The van der Waals surface area contributed by atoms with E-state index in [-0.39, 0.29) is 0 Å². The third-order valence-electron chi connectivity index (χ3n) is 3.88. The number of nitrogens with one attached hydrogen (secondary N) is 1. The number of hydrogen-bond acceptors (Lipinski definition) is 2. The highest BCUT2D eigenvalue weighted by Crippen LogP contribution is 2.28. The highest BCUT2D eigenvalue weighted by molar-refractivity contribution is 7.99.